The molecule has 0 bridgehead atoms. The van der Waals surface area contributed by atoms with Crippen molar-refractivity contribution in [1.82, 2.24) is 30.6 Å². The van der Waals surface area contributed by atoms with E-state index in [0.717, 1.165) is 39.1 Å². The predicted molar refractivity (Wildman–Crippen MR) is 253 cm³/mol. The van der Waals surface area contributed by atoms with E-state index < -0.39 is 0 Å². The summed E-state index contributed by atoms with van der Waals surface area (Å²) in [5, 5.41) is 6.06. The maximum Gasteiger partial charge on any atom is 0.262 e. The molecule has 7 rings (SSSR count). The van der Waals surface area contributed by atoms with E-state index in [0.29, 0.717) is 86.5 Å². The average Bonchev–Trinajstić information content (AvgIpc) is 3.31. The van der Waals surface area contributed by atoms with Gasteiger partial charge in [0.1, 0.15) is 70.1 Å². The van der Waals surface area contributed by atoms with Gasteiger partial charge in [0.15, 0.2) is 0 Å². The van der Waals surface area contributed by atoms with Crippen molar-refractivity contribution in [3.05, 3.63) is 127 Å². The number of hydrogen-bond donors (Lipinski definition) is 5. The number of nitrogens with one attached hydrogen (secondary N) is 4. The van der Waals surface area contributed by atoms with Crippen molar-refractivity contribution < 1.29 is 38.0 Å². The van der Waals surface area contributed by atoms with Gasteiger partial charge in [0, 0.05) is 49.0 Å². The number of ether oxygens (including phenoxy) is 6. The highest BCUT2D eigenvalue weighted by atomic mass is 16.5. The minimum atomic E-state index is -0.360. The Morgan fingerprint density at radius 1 is 0.606 bits per heavy atom. The summed E-state index contributed by atoms with van der Waals surface area (Å²) in [6.07, 6.45) is 0. The third-order valence-electron chi connectivity index (χ3n) is 10.5. The van der Waals surface area contributed by atoms with E-state index in [1.165, 1.54) is 28.4 Å². The van der Waals surface area contributed by atoms with Crippen molar-refractivity contribution >= 4 is 33.6 Å². The lowest BCUT2D eigenvalue weighted by molar-refractivity contribution is 0.0920. The number of carbonyl (C=O) groups is 2. The first-order valence-corrected chi connectivity index (χ1v) is 20.9. The molecule has 0 radical (unpaired) electrons. The summed E-state index contributed by atoms with van der Waals surface area (Å²) in [6, 6.07) is 20.9. The molecule has 0 unspecified atom stereocenters. The Morgan fingerprint density at radius 2 is 1.03 bits per heavy atom. The van der Waals surface area contributed by atoms with Crippen LogP contribution in [0.3, 0.4) is 0 Å². The number of methoxy groups -OCH3 is 4. The fourth-order valence-corrected chi connectivity index (χ4v) is 7.47. The summed E-state index contributed by atoms with van der Waals surface area (Å²) in [4.78, 5) is 65.2. The molecule has 66 heavy (non-hydrogen) atoms. The Bertz CT molecular complexity index is 3010. The van der Waals surface area contributed by atoms with Crippen LogP contribution in [0.25, 0.3) is 44.6 Å². The Labute approximate surface area is 380 Å². The number of fused-ring (bicyclic) bond motifs is 2. The van der Waals surface area contributed by atoms with E-state index in [4.69, 9.17) is 34.2 Å². The van der Waals surface area contributed by atoms with Crippen molar-refractivity contribution in [2.45, 2.75) is 27.7 Å². The Kier molecular flexibility index (Phi) is 15.3. The molecule has 7 aromatic rings. The molecule has 0 saturated heterocycles. The number of rotatable bonds is 15. The highest BCUT2D eigenvalue weighted by Crippen LogP contribution is 2.33. The first-order chi connectivity index (χ1) is 31.7. The van der Waals surface area contributed by atoms with Gasteiger partial charge in [0.05, 0.1) is 57.1 Å². The van der Waals surface area contributed by atoms with Crippen LogP contribution in [0, 0.1) is 27.7 Å². The van der Waals surface area contributed by atoms with Gasteiger partial charge >= 0.3 is 0 Å². The van der Waals surface area contributed by atoms with Crippen molar-refractivity contribution in [2.24, 2.45) is 5.73 Å². The van der Waals surface area contributed by atoms with Gasteiger partial charge < -0.3 is 54.8 Å². The quantitative estimate of drug-likeness (QED) is 0.0750. The zero-order valence-electron chi connectivity index (χ0n) is 38.3. The molecule has 2 heterocycles. The van der Waals surface area contributed by atoms with Crippen LogP contribution in [-0.2, 0) is 0 Å². The normalized spacial score (nSPS) is 10.8. The number of aryl methyl sites for hydroxylation is 4. The van der Waals surface area contributed by atoms with Gasteiger partial charge in [-0.2, -0.15) is 0 Å². The third-order valence-corrected chi connectivity index (χ3v) is 10.5. The van der Waals surface area contributed by atoms with Crippen LogP contribution >= 0.6 is 0 Å². The second-order valence-electron chi connectivity index (χ2n) is 15.0. The number of aromatic amines is 2. The average molecular weight is 900 g/mol. The molecule has 5 aromatic carbocycles. The van der Waals surface area contributed by atoms with E-state index in [1.807, 2.05) is 52.0 Å². The van der Waals surface area contributed by atoms with Gasteiger partial charge in [0.2, 0.25) is 0 Å². The van der Waals surface area contributed by atoms with Gasteiger partial charge in [-0.1, -0.05) is 12.1 Å². The smallest absolute Gasteiger partial charge is 0.262 e. The summed E-state index contributed by atoms with van der Waals surface area (Å²) in [5.74, 6) is 3.56. The van der Waals surface area contributed by atoms with Gasteiger partial charge in [-0.25, -0.2) is 9.97 Å². The first kappa shape index (κ1) is 47.6. The molecule has 0 aliphatic rings. The summed E-state index contributed by atoms with van der Waals surface area (Å²) in [5.41, 5.74) is 11.6. The summed E-state index contributed by atoms with van der Waals surface area (Å²) in [7, 11) is 7.61. The van der Waals surface area contributed by atoms with Gasteiger partial charge in [-0.05, 0) is 86.3 Å². The van der Waals surface area contributed by atoms with Crippen molar-refractivity contribution in [3.8, 4) is 57.3 Å². The highest BCUT2D eigenvalue weighted by Gasteiger charge is 2.18. The van der Waals surface area contributed by atoms with Crippen molar-refractivity contribution in [1.29, 1.82) is 0 Å². The van der Waals surface area contributed by atoms with E-state index in [-0.39, 0.29) is 36.1 Å². The van der Waals surface area contributed by atoms with E-state index in [9.17, 15) is 19.2 Å². The third kappa shape index (κ3) is 10.4. The largest absolute Gasteiger partial charge is 0.497 e. The van der Waals surface area contributed by atoms with Gasteiger partial charge in [0.25, 0.3) is 22.9 Å². The number of carbonyl (C=O) groups excluding carboxylic acids is 2. The minimum absolute atomic E-state index is 0.222. The van der Waals surface area contributed by atoms with Crippen molar-refractivity contribution in [3.63, 3.8) is 0 Å². The molecule has 0 fully saturated rings. The molecule has 2 amide bonds. The lowest BCUT2D eigenvalue weighted by Gasteiger charge is -2.15. The topological polar surface area (TPSA) is 231 Å². The van der Waals surface area contributed by atoms with Crippen LogP contribution in [0.4, 0.5) is 0 Å². The van der Waals surface area contributed by atoms with E-state index >= 15 is 0 Å². The second kappa shape index (κ2) is 21.2. The van der Waals surface area contributed by atoms with Gasteiger partial charge in [-0.15, -0.1) is 0 Å². The maximum absolute atomic E-state index is 12.9. The first-order valence-electron chi connectivity index (χ1n) is 20.9. The van der Waals surface area contributed by atoms with Crippen LogP contribution in [0.1, 0.15) is 43.0 Å². The summed E-state index contributed by atoms with van der Waals surface area (Å²) in [6.45, 7) is 9.06. The molecule has 0 saturated carbocycles. The summed E-state index contributed by atoms with van der Waals surface area (Å²) >= 11 is 0. The Morgan fingerprint density at radius 3 is 1.42 bits per heavy atom. The molecular weight excluding hydrogens is 847 g/mol. The number of H-pyrrole nitrogens is 2. The maximum atomic E-state index is 12.9. The number of amides is 2. The van der Waals surface area contributed by atoms with Gasteiger partial charge in [-0.3, -0.25) is 19.2 Å². The van der Waals surface area contributed by atoms with Crippen molar-refractivity contribution in [2.75, 3.05) is 61.8 Å². The molecule has 6 N–H and O–H groups in total. The molecule has 0 spiro atoms. The molecule has 0 atom stereocenters. The lowest BCUT2D eigenvalue weighted by atomic mass is 10.0. The molecule has 17 heteroatoms. The van der Waals surface area contributed by atoms with Crippen LogP contribution in [0.15, 0.2) is 82.4 Å². The van der Waals surface area contributed by atoms with Crippen LogP contribution in [0.5, 0.6) is 34.5 Å². The number of benzene rings is 5. The Hall–Kier alpha value is -7.92. The SMILES string of the molecule is CNC(=O)c1ccccc1C(=O)NCCOc1c(C)cc(-c2nc3cc(OC)cc(OC)c3c(=O)[nH]2)cc1C.COc1cc(OC)c2c(=O)[nH]c(-c3cc(C)c(OCCN)c(C)c3)nc2c1. The van der Waals surface area contributed by atoms with Crippen LogP contribution < -0.4 is 55.9 Å². The number of nitrogens with zero attached hydrogens (tertiary/aromatic N) is 2. The second-order valence-corrected chi connectivity index (χ2v) is 15.0. The standard InChI is InChI=1S/C29H30N4O6.C20H23N3O4/c1-16-12-18(26-32-22-14-19(37-4)15-23(38-5)24(22)29(36)33-26)13-17(2)25(16)39-11-10-31-28(35)21-9-7-6-8-20(21)27(34)30-3;1-11-7-13(8-12(2)18(11)27-6-5-21)19-22-15-9-14(25-3)10-16(26-4)17(15)20(24)23-19/h6-9,12-15H,10-11H2,1-5H3,(H,30,34)(H,31,35)(H,32,33,36);7-10H,5-6,21H2,1-4H3,(H,22,23,24). The van der Waals surface area contributed by atoms with Crippen LogP contribution in [0.2, 0.25) is 0 Å². The molecule has 344 valence electrons. The predicted octanol–water partition coefficient (Wildman–Crippen LogP) is 5.95. The minimum Gasteiger partial charge on any atom is -0.497 e. The summed E-state index contributed by atoms with van der Waals surface area (Å²) < 4.78 is 33.0. The fourth-order valence-electron chi connectivity index (χ4n) is 7.47. The van der Waals surface area contributed by atoms with Crippen LogP contribution in [-0.4, -0.2) is 93.5 Å². The monoisotopic (exact) mass is 899 g/mol. The lowest BCUT2D eigenvalue weighted by Crippen LogP contribution is -2.31. The zero-order valence-corrected chi connectivity index (χ0v) is 38.3. The molecule has 0 aliphatic heterocycles. The number of hydrogen-bond acceptors (Lipinski definition) is 13. The number of nitrogens with two attached hydrogens (primary N) is 1. The highest BCUT2D eigenvalue weighted by molar-refractivity contribution is 6.07. The fraction of sp³-hybridized carbons (Fsp3) is 0.265. The van der Waals surface area contributed by atoms with E-state index in [1.54, 1.807) is 55.6 Å². The molecule has 2 aromatic heterocycles. The van der Waals surface area contributed by atoms with E-state index in [2.05, 4.69) is 30.6 Å². The zero-order chi connectivity index (χ0) is 47.7. The molecule has 17 nitrogen and oxygen atoms in total. The molecule has 0 aliphatic carbocycles. The molecular formula is C49H53N7O10. The Balaban J connectivity index is 0.000000233. The number of aromatic nitrogens is 4.